The lowest BCUT2D eigenvalue weighted by Crippen LogP contribution is -2.62. The summed E-state index contributed by atoms with van der Waals surface area (Å²) in [6, 6.07) is 0. The van der Waals surface area contributed by atoms with Crippen molar-refractivity contribution in [1.82, 2.24) is 0 Å². The van der Waals surface area contributed by atoms with E-state index in [-0.39, 0.29) is 42.0 Å². The molecular weight excluding hydrogens is 388 g/mol. The predicted octanol–water partition coefficient (Wildman–Crippen LogP) is 3.55. The molecule has 140 valence electrons. The van der Waals surface area contributed by atoms with Gasteiger partial charge in [-0.3, -0.25) is 9.59 Å². The lowest BCUT2D eigenvalue weighted by molar-refractivity contribution is -0.195. The summed E-state index contributed by atoms with van der Waals surface area (Å²) >= 11 is 3.31. The average Bonchev–Trinajstić information content (AvgIpc) is 2.81. The number of carboxylic acids is 1. The third-order valence-electron chi connectivity index (χ3n) is 6.25. The van der Waals surface area contributed by atoms with Crippen molar-refractivity contribution in [2.75, 3.05) is 5.33 Å². The second kappa shape index (κ2) is 6.46. The van der Waals surface area contributed by atoms with Gasteiger partial charge in [0.15, 0.2) is 5.79 Å². The maximum absolute atomic E-state index is 12.6. The summed E-state index contributed by atoms with van der Waals surface area (Å²) in [5, 5.41) is 9.72. The highest BCUT2D eigenvalue weighted by Crippen LogP contribution is 2.59. The molecule has 3 rings (SSSR count). The van der Waals surface area contributed by atoms with E-state index in [1.807, 2.05) is 20.8 Å². The van der Waals surface area contributed by atoms with Gasteiger partial charge in [-0.15, -0.1) is 0 Å². The summed E-state index contributed by atoms with van der Waals surface area (Å²) in [5.74, 6) is -1.65. The number of carbonyl (C=O) groups is 2. The summed E-state index contributed by atoms with van der Waals surface area (Å²) in [6.07, 6.45) is 3.50. The molecule has 1 spiro atoms. The van der Waals surface area contributed by atoms with E-state index < -0.39 is 17.4 Å². The van der Waals surface area contributed by atoms with Crippen molar-refractivity contribution in [3.8, 4) is 0 Å². The van der Waals surface area contributed by atoms with Crippen LogP contribution in [0.25, 0.3) is 0 Å². The van der Waals surface area contributed by atoms with Crippen molar-refractivity contribution < 1.29 is 24.2 Å². The number of carboxylic acid groups (broad SMARTS) is 1. The van der Waals surface area contributed by atoms with Crippen LogP contribution in [0, 0.1) is 23.7 Å². The number of hydrogen-bond acceptors (Lipinski definition) is 4. The van der Waals surface area contributed by atoms with Gasteiger partial charge >= 0.3 is 5.97 Å². The highest BCUT2D eigenvalue weighted by atomic mass is 79.9. The van der Waals surface area contributed by atoms with E-state index >= 15 is 0 Å². The molecule has 0 bridgehead atoms. The zero-order valence-corrected chi connectivity index (χ0v) is 16.8. The van der Waals surface area contributed by atoms with E-state index in [2.05, 4.69) is 28.9 Å². The van der Waals surface area contributed by atoms with E-state index in [9.17, 15) is 14.7 Å². The number of alkyl halides is 1. The van der Waals surface area contributed by atoms with Crippen LogP contribution < -0.4 is 0 Å². The lowest BCUT2D eigenvalue weighted by Gasteiger charge is -2.54. The molecule has 0 amide bonds. The Morgan fingerprint density at radius 1 is 1.36 bits per heavy atom. The van der Waals surface area contributed by atoms with Crippen molar-refractivity contribution in [3.05, 3.63) is 11.6 Å². The molecule has 1 heterocycles. The highest BCUT2D eigenvalue weighted by molar-refractivity contribution is 9.09. The predicted molar refractivity (Wildman–Crippen MR) is 96.4 cm³/mol. The number of Topliss-reactive ketones (excluding diaryl/α,β-unsaturated/α-hetero) is 1. The van der Waals surface area contributed by atoms with Crippen LogP contribution in [0.2, 0.25) is 0 Å². The van der Waals surface area contributed by atoms with Crippen LogP contribution in [0.4, 0.5) is 0 Å². The SMILES string of the molecule is CC1=C[C@H]2[C@H](C(=O)CBr)CC[C@@H](C)[C@@]23OC(C)(C)O[C@H]3[C@@H]1CC(=O)O. The van der Waals surface area contributed by atoms with Gasteiger partial charge in [-0.05, 0) is 39.5 Å². The first-order chi connectivity index (χ1) is 11.6. The van der Waals surface area contributed by atoms with Crippen LogP contribution in [-0.4, -0.2) is 39.7 Å². The average molecular weight is 415 g/mol. The number of carbonyl (C=O) groups excluding carboxylic acids is 1. The van der Waals surface area contributed by atoms with Gasteiger partial charge in [0, 0.05) is 17.8 Å². The number of hydrogen-bond donors (Lipinski definition) is 1. The van der Waals surface area contributed by atoms with Gasteiger partial charge in [0.25, 0.3) is 0 Å². The largest absolute Gasteiger partial charge is 0.481 e. The van der Waals surface area contributed by atoms with Gasteiger partial charge in [0.1, 0.15) is 11.4 Å². The number of ketones is 1. The van der Waals surface area contributed by atoms with E-state index in [1.165, 1.54) is 0 Å². The minimum Gasteiger partial charge on any atom is -0.481 e. The van der Waals surface area contributed by atoms with Crippen molar-refractivity contribution in [1.29, 1.82) is 0 Å². The minimum atomic E-state index is -0.837. The number of ether oxygens (including phenoxy) is 2. The molecule has 2 aliphatic carbocycles. The van der Waals surface area contributed by atoms with E-state index in [0.717, 1.165) is 18.4 Å². The molecule has 0 aromatic heterocycles. The second-order valence-corrected chi connectivity index (χ2v) is 8.78. The maximum Gasteiger partial charge on any atom is 0.304 e. The number of aliphatic carboxylic acids is 1. The fourth-order valence-corrected chi connectivity index (χ4v) is 5.64. The molecule has 1 saturated carbocycles. The van der Waals surface area contributed by atoms with Gasteiger partial charge in [-0.1, -0.05) is 34.5 Å². The molecular formula is C19H27BrO5. The molecule has 6 atom stereocenters. The van der Waals surface area contributed by atoms with Crippen LogP contribution in [0.5, 0.6) is 0 Å². The smallest absolute Gasteiger partial charge is 0.304 e. The Morgan fingerprint density at radius 3 is 2.64 bits per heavy atom. The molecule has 6 heteroatoms. The van der Waals surface area contributed by atoms with Gasteiger partial charge in [0.05, 0.1) is 17.9 Å². The Morgan fingerprint density at radius 2 is 2.04 bits per heavy atom. The Labute approximate surface area is 157 Å². The topological polar surface area (TPSA) is 72.8 Å². The number of rotatable bonds is 4. The molecule has 2 fully saturated rings. The maximum atomic E-state index is 12.6. The fraction of sp³-hybridized carbons (Fsp3) is 0.789. The summed E-state index contributed by atoms with van der Waals surface area (Å²) in [4.78, 5) is 24.0. The summed E-state index contributed by atoms with van der Waals surface area (Å²) in [7, 11) is 0. The third kappa shape index (κ3) is 3.00. The zero-order chi connectivity index (χ0) is 18.6. The zero-order valence-electron chi connectivity index (χ0n) is 15.3. The Balaban J connectivity index is 2.12. The highest BCUT2D eigenvalue weighted by Gasteiger charge is 2.66. The lowest BCUT2D eigenvalue weighted by atomic mass is 9.55. The molecule has 25 heavy (non-hydrogen) atoms. The normalized spacial score (nSPS) is 42.3. The first kappa shape index (κ1) is 19.1. The molecule has 3 aliphatic rings. The van der Waals surface area contributed by atoms with E-state index in [0.29, 0.717) is 5.33 Å². The first-order valence-electron chi connectivity index (χ1n) is 8.99. The minimum absolute atomic E-state index is 0.0185. The van der Waals surface area contributed by atoms with Crippen LogP contribution in [0.3, 0.4) is 0 Å². The van der Waals surface area contributed by atoms with Gasteiger partial charge in [0.2, 0.25) is 0 Å². The molecule has 1 aliphatic heterocycles. The molecule has 5 nitrogen and oxygen atoms in total. The van der Waals surface area contributed by atoms with Gasteiger partial charge < -0.3 is 14.6 Å². The molecule has 1 saturated heterocycles. The standard InChI is InChI=1S/C19H27BrO5/c1-10-7-14-12(15(21)9-20)6-5-11(2)19(14)17(13(10)8-16(22)23)24-18(3,4)25-19/h7,11-14,17H,5-6,8-9H2,1-4H3,(H,22,23)/t11-,12-,13-,14+,17+,19-/m1/s1. The van der Waals surface area contributed by atoms with Crippen molar-refractivity contribution in [2.45, 2.75) is 64.4 Å². The van der Waals surface area contributed by atoms with Crippen LogP contribution in [-0.2, 0) is 19.1 Å². The quantitative estimate of drug-likeness (QED) is 0.562. The van der Waals surface area contributed by atoms with Gasteiger partial charge in [-0.25, -0.2) is 0 Å². The van der Waals surface area contributed by atoms with Crippen LogP contribution >= 0.6 is 15.9 Å². The van der Waals surface area contributed by atoms with Gasteiger partial charge in [-0.2, -0.15) is 0 Å². The van der Waals surface area contributed by atoms with Crippen molar-refractivity contribution >= 4 is 27.7 Å². The Kier molecular flexibility index (Phi) is 4.93. The summed E-state index contributed by atoms with van der Waals surface area (Å²) in [6.45, 7) is 7.87. The molecule has 0 aromatic rings. The van der Waals surface area contributed by atoms with E-state index in [4.69, 9.17) is 9.47 Å². The number of halogens is 1. The summed E-state index contributed by atoms with van der Waals surface area (Å²) < 4.78 is 12.8. The van der Waals surface area contributed by atoms with Crippen LogP contribution in [0.15, 0.2) is 11.6 Å². The molecule has 0 aromatic carbocycles. The monoisotopic (exact) mass is 414 g/mol. The second-order valence-electron chi connectivity index (χ2n) is 8.22. The summed E-state index contributed by atoms with van der Waals surface area (Å²) in [5.41, 5.74) is 0.361. The molecule has 0 unspecified atom stereocenters. The van der Waals surface area contributed by atoms with Crippen LogP contribution in [0.1, 0.15) is 47.0 Å². The molecule has 1 N–H and O–H groups in total. The Bertz CT molecular complexity index is 613. The first-order valence-corrected chi connectivity index (χ1v) is 10.1. The fourth-order valence-electron chi connectivity index (χ4n) is 5.23. The Hall–Kier alpha value is -0.720. The van der Waals surface area contributed by atoms with Crippen molar-refractivity contribution in [3.63, 3.8) is 0 Å². The van der Waals surface area contributed by atoms with Crippen molar-refractivity contribution in [2.24, 2.45) is 23.7 Å². The van der Waals surface area contributed by atoms with E-state index in [1.54, 1.807) is 0 Å². The molecule has 0 radical (unpaired) electrons. The third-order valence-corrected chi connectivity index (χ3v) is 6.80.